The van der Waals surface area contributed by atoms with E-state index in [9.17, 15) is 9.59 Å². The first-order valence-electron chi connectivity index (χ1n) is 8.46. The van der Waals surface area contributed by atoms with Crippen LogP contribution in [0.1, 0.15) is 16.1 Å². The zero-order valence-electron chi connectivity index (χ0n) is 14.5. The predicted octanol–water partition coefficient (Wildman–Crippen LogP) is 0.391. The summed E-state index contributed by atoms with van der Waals surface area (Å²) in [4.78, 5) is 31.7. The van der Waals surface area contributed by atoms with E-state index in [4.69, 9.17) is 10.5 Å². The molecule has 1 amide bonds. The molecule has 0 aliphatic carbocycles. The maximum absolute atomic E-state index is 12.4. The van der Waals surface area contributed by atoms with Gasteiger partial charge in [0.1, 0.15) is 0 Å². The summed E-state index contributed by atoms with van der Waals surface area (Å²) >= 11 is 0. The van der Waals surface area contributed by atoms with Gasteiger partial charge in [0.15, 0.2) is 5.43 Å². The fourth-order valence-electron chi connectivity index (χ4n) is 3.17. The average Bonchev–Trinajstić information content (AvgIpc) is 2.61. The first kappa shape index (κ1) is 17.6. The van der Waals surface area contributed by atoms with Crippen molar-refractivity contribution in [2.75, 3.05) is 46.4 Å². The van der Waals surface area contributed by atoms with Gasteiger partial charge in [0.05, 0.1) is 6.61 Å². The van der Waals surface area contributed by atoms with E-state index in [-0.39, 0.29) is 5.43 Å². The molecular weight excluding hydrogens is 320 g/mol. The van der Waals surface area contributed by atoms with Crippen LogP contribution in [0.3, 0.4) is 0 Å². The number of nitrogens with one attached hydrogen (secondary N) is 1. The van der Waals surface area contributed by atoms with Gasteiger partial charge in [-0.05, 0) is 18.2 Å². The molecule has 7 heteroatoms. The molecule has 7 nitrogen and oxygen atoms in total. The van der Waals surface area contributed by atoms with Gasteiger partial charge in [-0.15, -0.1) is 0 Å². The Hall–Kier alpha value is -2.22. The number of H-pyrrole nitrogens is 1. The molecule has 1 aromatic carbocycles. The Balaban J connectivity index is 1.69. The number of hydrogen-bond donors (Lipinski definition) is 2. The SMILES string of the molecule is COCCN1CCN(Cc2cc(=O)c3cc(C(N)=O)ccc3[nH]2)CC1. The van der Waals surface area contributed by atoms with Crippen LogP contribution in [0.2, 0.25) is 0 Å². The van der Waals surface area contributed by atoms with E-state index in [1.54, 1.807) is 31.4 Å². The number of rotatable bonds is 6. The number of nitrogens with zero attached hydrogens (tertiary/aromatic N) is 2. The molecule has 1 aliphatic heterocycles. The highest BCUT2D eigenvalue weighted by Gasteiger charge is 2.17. The van der Waals surface area contributed by atoms with Gasteiger partial charge in [-0.1, -0.05) is 0 Å². The van der Waals surface area contributed by atoms with Crippen LogP contribution >= 0.6 is 0 Å². The topological polar surface area (TPSA) is 91.7 Å². The highest BCUT2D eigenvalue weighted by atomic mass is 16.5. The Bertz CT molecular complexity index is 810. The van der Waals surface area contributed by atoms with E-state index >= 15 is 0 Å². The smallest absolute Gasteiger partial charge is 0.248 e. The summed E-state index contributed by atoms with van der Waals surface area (Å²) in [6.07, 6.45) is 0. The fraction of sp³-hybridized carbons (Fsp3) is 0.444. The van der Waals surface area contributed by atoms with E-state index in [2.05, 4.69) is 14.8 Å². The number of carbonyl (C=O) groups excluding carboxylic acids is 1. The maximum Gasteiger partial charge on any atom is 0.248 e. The van der Waals surface area contributed by atoms with Crippen molar-refractivity contribution in [1.82, 2.24) is 14.8 Å². The number of benzene rings is 1. The van der Waals surface area contributed by atoms with Crippen LogP contribution in [0.25, 0.3) is 10.9 Å². The fourth-order valence-corrected chi connectivity index (χ4v) is 3.17. The molecule has 1 aromatic heterocycles. The number of piperazine rings is 1. The normalized spacial score (nSPS) is 16.4. The number of hydrogen-bond acceptors (Lipinski definition) is 5. The van der Waals surface area contributed by atoms with Crippen LogP contribution in [0.4, 0.5) is 0 Å². The molecule has 0 spiro atoms. The lowest BCUT2D eigenvalue weighted by molar-refractivity contribution is 0.0933. The van der Waals surface area contributed by atoms with Gasteiger partial charge in [0.25, 0.3) is 0 Å². The number of pyridine rings is 1. The van der Waals surface area contributed by atoms with Gasteiger partial charge in [-0.3, -0.25) is 19.4 Å². The van der Waals surface area contributed by atoms with Crippen molar-refractivity contribution in [3.05, 3.63) is 45.7 Å². The van der Waals surface area contributed by atoms with Crippen molar-refractivity contribution in [3.63, 3.8) is 0 Å². The largest absolute Gasteiger partial charge is 0.383 e. The van der Waals surface area contributed by atoms with Gasteiger partial charge in [-0.2, -0.15) is 0 Å². The minimum absolute atomic E-state index is 0.0921. The molecule has 0 radical (unpaired) electrons. The maximum atomic E-state index is 12.4. The number of nitrogens with two attached hydrogens (primary N) is 1. The molecule has 134 valence electrons. The van der Waals surface area contributed by atoms with Crippen molar-refractivity contribution in [1.29, 1.82) is 0 Å². The molecule has 2 heterocycles. The van der Waals surface area contributed by atoms with Crippen molar-refractivity contribution in [2.45, 2.75) is 6.54 Å². The molecule has 0 atom stereocenters. The summed E-state index contributed by atoms with van der Waals surface area (Å²) in [5.74, 6) is -0.531. The monoisotopic (exact) mass is 344 g/mol. The first-order valence-corrected chi connectivity index (χ1v) is 8.46. The molecule has 0 bridgehead atoms. The van der Waals surface area contributed by atoms with Crippen LogP contribution in [-0.2, 0) is 11.3 Å². The lowest BCUT2D eigenvalue weighted by atomic mass is 10.1. The zero-order valence-corrected chi connectivity index (χ0v) is 14.5. The highest BCUT2D eigenvalue weighted by Crippen LogP contribution is 2.13. The summed E-state index contributed by atoms with van der Waals surface area (Å²) in [6.45, 7) is 6.35. The number of amides is 1. The predicted molar refractivity (Wildman–Crippen MR) is 96.7 cm³/mol. The number of aromatic nitrogens is 1. The number of primary amides is 1. The van der Waals surface area contributed by atoms with Crippen molar-refractivity contribution < 1.29 is 9.53 Å². The van der Waals surface area contributed by atoms with E-state index < -0.39 is 5.91 Å². The first-order chi connectivity index (χ1) is 12.1. The van der Waals surface area contributed by atoms with Crippen LogP contribution < -0.4 is 11.2 Å². The zero-order chi connectivity index (χ0) is 17.8. The molecular formula is C18H24N4O3. The second-order valence-corrected chi connectivity index (χ2v) is 6.39. The Morgan fingerprint density at radius 1 is 1.20 bits per heavy atom. The Morgan fingerprint density at radius 3 is 2.60 bits per heavy atom. The van der Waals surface area contributed by atoms with Crippen LogP contribution in [0, 0.1) is 0 Å². The van der Waals surface area contributed by atoms with E-state index in [1.165, 1.54) is 0 Å². The number of fused-ring (bicyclic) bond motifs is 1. The average molecular weight is 344 g/mol. The van der Waals surface area contributed by atoms with Crippen LogP contribution in [0.15, 0.2) is 29.1 Å². The summed E-state index contributed by atoms with van der Waals surface area (Å²) in [7, 11) is 1.72. The van der Waals surface area contributed by atoms with Gasteiger partial charge in [-0.25, -0.2) is 0 Å². The number of aromatic amines is 1. The third-order valence-corrected chi connectivity index (χ3v) is 4.64. The Kier molecular flexibility index (Phi) is 5.47. The van der Waals surface area contributed by atoms with Gasteiger partial charge >= 0.3 is 0 Å². The standard InChI is InChI=1S/C18H24N4O3/c1-25-9-8-21-4-6-22(7-5-21)12-14-11-17(23)15-10-13(18(19)24)2-3-16(15)20-14/h2-3,10-11H,4-9,12H2,1H3,(H2,19,24)(H,20,23). The van der Waals surface area contributed by atoms with Crippen molar-refractivity contribution >= 4 is 16.8 Å². The van der Waals surface area contributed by atoms with Gasteiger partial charge in [0, 0.05) is 74.6 Å². The summed E-state index contributed by atoms with van der Waals surface area (Å²) in [5, 5.41) is 0.490. The van der Waals surface area contributed by atoms with Crippen molar-refractivity contribution in [2.24, 2.45) is 5.73 Å². The van der Waals surface area contributed by atoms with Crippen LogP contribution in [0.5, 0.6) is 0 Å². The number of carbonyl (C=O) groups is 1. The molecule has 0 unspecified atom stereocenters. The molecule has 25 heavy (non-hydrogen) atoms. The van der Waals surface area contributed by atoms with Crippen LogP contribution in [-0.4, -0.2) is 67.1 Å². The Labute approximate surface area is 146 Å². The lowest BCUT2D eigenvalue weighted by Crippen LogP contribution is -2.46. The third kappa shape index (κ3) is 4.25. The molecule has 2 aromatic rings. The molecule has 0 saturated carbocycles. The molecule has 1 aliphatic rings. The van der Waals surface area contributed by atoms with Gasteiger partial charge < -0.3 is 15.5 Å². The quantitative estimate of drug-likeness (QED) is 0.791. The van der Waals surface area contributed by atoms with Gasteiger partial charge in [0.2, 0.25) is 5.91 Å². The molecule has 3 N–H and O–H groups in total. The number of ether oxygens (including phenoxy) is 1. The molecule has 1 fully saturated rings. The minimum atomic E-state index is -0.531. The summed E-state index contributed by atoms with van der Waals surface area (Å²) < 4.78 is 5.12. The third-order valence-electron chi connectivity index (χ3n) is 4.64. The lowest BCUT2D eigenvalue weighted by Gasteiger charge is -2.34. The molecule has 1 saturated heterocycles. The van der Waals surface area contributed by atoms with Crippen molar-refractivity contribution in [3.8, 4) is 0 Å². The second-order valence-electron chi connectivity index (χ2n) is 6.39. The van der Waals surface area contributed by atoms with E-state index in [0.717, 1.165) is 50.5 Å². The minimum Gasteiger partial charge on any atom is -0.383 e. The summed E-state index contributed by atoms with van der Waals surface area (Å²) in [5.41, 5.74) is 7.15. The van der Waals surface area contributed by atoms with E-state index in [0.29, 0.717) is 17.5 Å². The highest BCUT2D eigenvalue weighted by molar-refractivity contribution is 5.96. The Morgan fingerprint density at radius 2 is 1.92 bits per heavy atom. The summed E-state index contributed by atoms with van der Waals surface area (Å²) in [6, 6.07) is 6.54. The van der Waals surface area contributed by atoms with E-state index in [1.807, 2.05) is 0 Å². The number of methoxy groups -OCH3 is 1. The molecule has 3 rings (SSSR count). The second kappa shape index (κ2) is 7.77.